The number of benzene rings is 4. The second-order valence-electron chi connectivity index (χ2n) is 17.3. The fourth-order valence-electron chi connectivity index (χ4n) is 11.0. The van der Waals surface area contributed by atoms with E-state index in [2.05, 4.69) is 56.4 Å². The number of rotatable bonds is 7. The maximum atomic E-state index is 16.7. The highest BCUT2D eigenvalue weighted by Gasteiger charge is 2.42. The van der Waals surface area contributed by atoms with Crippen LogP contribution in [0.25, 0.3) is 0 Å². The van der Waals surface area contributed by atoms with Crippen molar-refractivity contribution in [3.8, 4) is 17.2 Å². The topological polar surface area (TPSA) is 118 Å². The molecule has 5 heterocycles. The molecule has 1 aliphatic carbocycles. The smallest absolute Gasteiger partial charge is 0.244 e. The first-order chi connectivity index (χ1) is 28.7. The molecule has 0 saturated carbocycles. The molecule has 5 atom stereocenters. The van der Waals surface area contributed by atoms with Gasteiger partial charge in [0.1, 0.15) is 24.3 Å². The molecule has 5 aliphatic heterocycles. The van der Waals surface area contributed by atoms with Crippen LogP contribution in [0.3, 0.4) is 0 Å². The maximum Gasteiger partial charge on any atom is 0.244 e. The summed E-state index contributed by atoms with van der Waals surface area (Å²) >= 11 is 0. The molecule has 2 unspecified atom stereocenters. The molecule has 0 bridgehead atoms. The first-order valence-corrected chi connectivity index (χ1v) is 21.3. The Morgan fingerprint density at radius 1 is 0.864 bits per heavy atom. The predicted molar refractivity (Wildman–Crippen MR) is 222 cm³/mol. The minimum atomic E-state index is -0.925. The number of halogens is 1. The number of aromatic hydroxyl groups is 1. The standard InChI is InChI=1S/C47H52FN5O6/c1-58-45-36(43-34(29-5-3-2-4-6-29)9-7-30-21-33(54)8-10-35(30)43)11-12-38(44(45)48)51-17-15-28(16-18-51)24-50-19-20-52-32(26-50)27-59-41-23-37-31(22-40(41)52)25-53(47(37)57)39-13-14-42(55)49-46(39)56/h2-6,8,10-12,21-23,28,32,34,39,43,47,54,57H,7,9,13-20,24-27H2,1H3,(H,49,55,56)/t32-,34-,39?,43+,47?/m0/s1. The van der Waals surface area contributed by atoms with Gasteiger partial charge in [0.05, 0.1) is 30.6 Å². The van der Waals surface area contributed by atoms with E-state index in [0.29, 0.717) is 36.9 Å². The van der Waals surface area contributed by atoms with Crippen molar-refractivity contribution in [2.24, 2.45) is 5.92 Å². The first kappa shape index (κ1) is 38.1. The van der Waals surface area contributed by atoms with E-state index >= 15 is 4.39 Å². The van der Waals surface area contributed by atoms with E-state index in [4.69, 9.17) is 9.47 Å². The summed E-state index contributed by atoms with van der Waals surface area (Å²) in [6.07, 6.45) is 3.42. The second-order valence-corrected chi connectivity index (χ2v) is 17.3. The van der Waals surface area contributed by atoms with Crippen LogP contribution < -0.4 is 24.6 Å². The van der Waals surface area contributed by atoms with E-state index in [0.717, 1.165) is 104 Å². The summed E-state index contributed by atoms with van der Waals surface area (Å²) in [5.74, 6) is 0.938. The number of amides is 2. The molecule has 10 rings (SSSR count). The summed E-state index contributed by atoms with van der Waals surface area (Å²) in [7, 11) is 1.57. The Morgan fingerprint density at radius 2 is 1.68 bits per heavy atom. The lowest BCUT2D eigenvalue weighted by atomic mass is 9.69. The average Bonchev–Trinajstić information content (AvgIpc) is 3.57. The molecular weight excluding hydrogens is 750 g/mol. The van der Waals surface area contributed by atoms with Crippen LogP contribution in [0.2, 0.25) is 0 Å². The van der Waals surface area contributed by atoms with Crippen molar-refractivity contribution >= 4 is 23.2 Å². The SMILES string of the molecule is COc1c([C@H]2c3ccc(O)cc3CC[C@H]2c2ccccc2)ccc(N2CCC(CN3CCN4c5cc6c(cc5OC[C@@H]4C3)C(O)N(C3CCC(=O)NC3=O)C6)CC2)c1F. The third-order valence-corrected chi connectivity index (χ3v) is 14.0. The maximum absolute atomic E-state index is 16.7. The van der Waals surface area contributed by atoms with E-state index in [9.17, 15) is 19.8 Å². The Labute approximate surface area is 344 Å². The third kappa shape index (κ3) is 6.88. The van der Waals surface area contributed by atoms with Crippen molar-refractivity contribution in [2.75, 3.05) is 62.8 Å². The number of ether oxygens (including phenoxy) is 2. The number of aliphatic hydroxyl groups is 1. The normalized spacial score (nSPS) is 26.1. The number of piperazine rings is 1. The van der Waals surface area contributed by atoms with Crippen LogP contribution in [-0.2, 0) is 22.6 Å². The molecule has 59 heavy (non-hydrogen) atoms. The van der Waals surface area contributed by atoms with Crippen LogP contribution >= 0.6 is 0 Å². The number of imide groups is 1. The molecule has 3 saturated heterocycles. The number of aliphatic hydroxyl groups excluding tert-OH is 1. The van der Waals surface area contributed by atoms with Crippen molar-refractivity contribution < 1.29 is 33.7 Å². The lowest BCUT2D eigenvalue weighted by Crippen LogP contribution is -2.58. The Balaban J connectivity index is 0.791. The molecule has 0 aromatic heterocycles. The molecule has 308 valence electrons. The minimum Gasteiger partial charge on any atom is -0.508 e. The summed E-state index contributed by atoms with van der Waals surface area (Å²) in [6.45, 7) is 6.23. The van der Waals surface area contributed by atoms with Gasteiger partial charge in [0.25, 0.3) is 0 Å². The van der Waals surface area contributed by atoms with Crippen LogP contribution in [0.5, 0.6) is 17.2 Å². The van der Waals surface area contributed by atoms with Gasteiger partial charge in [0.15, 0.2) is 11.6 Å². The lowest BCUT2D eigenvalue weighted by Gasteiger charge is -2.47. The Bertz CT molecular complexity index is 2270. The minimum absolute atomic E-state index is 0.112. The van der Waals surface area contributed by atoms with E-state index in [1.165, 1.54) is 5.56 Å². The fraction of sp³-hybridized carbons (Fsp3) is 0.447. The van der Waals surface area contributed by atoms with Crippen molar-refractivity contribution in [3.05, 3.63) is 112 Å². The van der Waals surface area contributed by atoms with Gasteiger partial charge in [-0.15, -0.1) is 0 Å². The van der Waals surface area contributed by atoms with E-state index < -0.39 is 12.3 Å². The van der Waals surface area contributed by atoms with Gasteiger partial charge in [0, 0.05) is 69.3 Å². The number of aryl methyl sites for hydroxylation is 1. The molecule has 4 aromatic carbocycles. The number of carbonyl (C=O) groups excluding carboxylic acids is 2. The molecule has 0 spiro atoms. The molecule has 6 aliphatic rings. The van der Waals surface area contributed by atoms with Gasteiger partial charge in [-0.25, -0.2) is 4.39 Å². The molecule has 12 heteroatoms. The molecule has 3 N–H and O–H groups in total. The molecule has 4 aromatic rings. The average molecular weight is 802 g/mol. The zero-order valence-electron chi connectivity index (χ0n) is 33.5. The second kappa shape index (κ2) is 15.5. The summed E-state index contributed by atoms with van der Waals surface area (Å²) in [4.78, 5) is 33.3. The summed E-state index contributed by atoms with van der Waals surface area (Å²) < 4.78 is 29.0. The zero-order valence-corrected chi connectivity index (χ0v) is 33.5. The number of hydrogen-bond donors (Lipinski definition) is 3. The number of phenolic OH excluding ortho intramolecular Hbond substituents is 1. The number of nitrogens with one attached hydrogen (secondary N) is 1. The van der Waals surface area contributed by atoms with Crippen molar-refractivity contribution in [3.63, 3.8) is 0 Å². The number of nitrogens with zero attached hydrogens (tertiary/aromatic N) is 4. The van der Waals surface area contributed by atoms with Gasteiger partial charge in [-0.05, 0) is 96.5 Å². The number of carbonyl (C=O) groups is 2. The molecule has 3 fully saturated rings. The molecule has 11 nitrogen and oxygen atoms in total. The number of fused-ring (bicyclic) bond motifs is 5. The number of phenols is 1. The molecular formula is C47H52FN5O6. The van der Waals surface area contributed by atoms with Crippen LogP contribution in [0.15, 0.2) is 72.8 Å². The Morgan fingerprint density at radius 3 is 2.47 bits per heavy atom. The van der Waals surface area contributed by atoms with Gasteiger partial charge in [-0.3, -0.25) is 24.7 Å². The highest BCUT2D eigenvalue weighted by molar-refractivity contribution is 6.00. The predicted octanol–water partition coefficient (Wildman–Crippen LogP) is 5.81. The van der Waals surface area contributed by atoms with E-state index in [-0.39, 0.29) is 47.7 Å². The molecule has 2 amide bonds. The Kier molecular flexibility index (Phi) is 9.97. The summed E-state index contributed by atoms with van der Waals surface area (Å²) in [6, 6.07) is 23.8. The molecule has 0 radical (unpaired) electrons. The largest absolute Gasteiger partial charge is 0.508 e. The van der Waals surface area contributed by atoms with Crippen molar-refractivity contribution in [1.29, 1.82) is 0 Å². The highest BCUT2D eigenvalue weighted by Crippen LogP contribution is 2.51. The number of hydrogen-bond acceptors (Lipinski definition) is 10. The van der Waals surface area contributed by atoms with Crippen molar-refractivity contribution in [1.82, 2.24) is 15.1 Å². The number of methoxy groups -OCH3 is 1. The van der Waals surface area contributed by atoms with Gasteiger partial charge in [-0.1, -0.05) is 42.5 Å². The first-order valence-electron chi connectivity index (χ1n) is 21.3. The Hall–Kier alpha value is -5.17. The van der Waals surface area contributed by atoms with Gasteiger partial charge in [-0.2, -0.15) is 0 Å². The van der Waals surface area contributed by atoms with E-state index in [1.54, 1.807) is 18.1 Å². The number of piperidine rings is 2. The van der Waals surface area contributed by atoms with E-state index in [1.807, 2.05) is 30.3 Å². The monoisotopic (exact) mass is 801 g/mol. The van der Waals surface area contributed by atoms with Crippen LogP contribution in [0, 0.1) is 11.7 Å². The quantitative estimate of drug-likeness (QED) is 0.198. The van der Waals surface area contributed by atoms with Crippen molar-refractivity contribution in [2.45, 2.75) is 75.2 Å². The van der Waals surface area contributed by atoms with Gasteiger partial charge >= 0.3 is 0 Å². The number of anilines is 2. The van der Waals surface area contributed by atoms with Gasteiger partial charge < -0.3 is 29.5 Å². The third-order valence-electron chi connectivity index (χ3n) is 14.0. The van der Waals surface area contributed by atoms with Crippen LogP contribution in [0.4, 0.5) is 15.8 Å². The van der Waals surface area contributed by atoms with Gasteiger partial charge in [0.2, 0.25) is 11.8 Å². The zero-order chi connectivity index (χ0) is 40.4. The summed E-state index contributed by atoms with van der Waals surface area (Å²) in [5, 5.41) is 23.9. The van der Waals surface area contributed by atoms with Crippen LogP contribution in [-0.4, -0.2) is 96.9 Å². The fourth-order valence-corrected chi connectivity index (χ4v) is 11.0. The lowest BCUT2D eigenvalue weighted by molar-refractivity contribution is -0.141. The van der Waals surface area contributed by atoms with Crippen LogP contribution in [0.1, 0.15) is 83.5 Å². The highest BCUT2D eigenvalue weighted by atomic mass is 19.1. The summed E-state index contributed by atoms with van der Waals surface area (Å²) in [5.41, 5.74) is 7.65.